The molecule has 1 amide bonds. The average molecular weight is 328 g/mol. The average Bonchev–Trinajstić information content (AvgIpc) is 2.98. The van der Waals surface area contributed by atoms with Gasteiger partial charge < -0.3 is 10.6 Å². The number of hydrogen-bond acceptors (Lipinski definition) is 5. The maximum absolute atomic E-state index is 12.2. The first kappa shape index (κ1) is 15.9. The first-order valence-corrected chi connectivity index (χ1v) is 7.63. The summed E-state index contributed by atoms with van der Waals surface area (Å²) in [7, 11) is 1.75. The maximum atomic E-state index is 12.2. The van der Waals surface area contributed by atoms with Gasteiger partial charge in [0, 0.05) is 11.9 Å². The summed E-state index contributed by atoms with van der Waals surface area (Å²) in [5, 5.41) is 7.93. The highest BCUT2D eigenvalue weighted by atomic mass is 35.5. The Morgan fingerprint density at radius 3 is 2.76 bits per heavy atom. The molecule has 8 heteroatoms. The zero-order valence-corrected chi connectivity index (χ0v) is 13.8. The molecule has 0 aliphatic heterocycles. The van der Waals surface area contributed by atoms with Crippen LogP contribution < -0.4 is 5.73 Å². The third kappa shape index (κ3) is 4.26. The van der Waals surface area contributed by atoms with E-state index in [1.165, 1.54) is 16.0 Å². The molecule has 21 heavy (non-hydrogen) atoms. The van der Waals surface area contributed by atoms with Crippen molar-refractivity contribution in [1.82, 2.24) is 19.9 Å². The lowest BCUT2D eigenvalue weighted by atomic mass is 10.0. The number of halogens is 1. The summed E-state index contributed by atoms with van der Waals surface area (Å²) in [6.07, 6.45) is 1.70. The van der Waals surface area contributed by atoms with Gasteiger partial charge in [-0.25, -0.2) is 4.68 Å². The van der Waals surface area contributed by atoms with Gasteiger partial charge in [-0.15, -0.1) is 16.4 Å². The van der Waals surface area contributed by atoms with Crippen LogP contribution in [0.5, 0.6) is 0 Å². The number of nitrogens with zero attached hydrogens (tertiary/aromatic N) is 4. The Labute approximate surface area is 132 Å². The van der Waals surface area contributed by atoms with E-state index in [0.717, 1.165) is 9.21 Å². The van der Waals surface area contributed by atoms with Crippen molar-refractivity contribution >= 4 is 28.8 Å². The molecule has 0 saturated carbocycles. The predicted octanol–water partition coefficient (Wildman–Crippen LogP) is 1.85. The number of rotatable bonds is 5. The second-order valence-corrected chi connectivity index (χ2v) is 7.28. The van der Waals surface area contributed by atoms with Crippen LogP contribution in [0.3, 0.4) is 0 Å². The molecule has 2 N–H and O–H groups in total. The molecule has 2 aromatic rings. The van der Waals surface area contributed by atoms with E-state index in [4.69, 9.17) is 17.3 Å². The van der Waals surface area contributed by atoms with Gasteiger partial charge in [0.15, 0.2) is 0 Å². The van der Waals surface area contributed by atoms with Crippen LogP contribution in [-0.2, 0) is 23.4 Å². The molecule has 0 radical (unpaired) electrons. The van der Waals surface area contributed by atoms with Crippen molar-refractivity contribution in [3.63, 3.8) is 0 Å². The quantitative estimate of drug-likeness (QED) is 0.909. The molecule has 0 bridgehead atoms. The molecule has 0 fully saturated rings. The van der Waals surface area contributed by atoms with Gasteiger partial charge in [0.1, 0.15) is 12.2 Å². The van der Waals surface area contributed by atoms with Crippen molar-refractivity contribution in [3.05, 3.63) is 33.2 Å². The molecule has 0 aliphatic rings. The Hall–Kier alpha value is -1.44. The monoisotopic (exact) mass is 327 g/mol. The molecule has 6 nitrogen and oxygen atoms in total. The van der Waals surface area contributed by atoms with Crippen LogP contribution >= 0.6 is 22.9 Å². The number of carbonyl (C=O) groups excluding carboxylic acids is 1. The molecule has 0 atom stereocenters. The molecule has 0 unspecified atom stereocenters. The molecule has 0 spiro atoms. The third-order valence-electron chi connectivity index (χ3n) is 2.94. The number of aromatic nitrogens is 3. The van der Waals surface area contributed by atoms with Crippen molar-refractivity contribution < 1.29 is 4.79 Å². The predicted molar refractivity (Wildman–Crippen MR) is 83.0 cm³/mol. The van der Waals surface area contributed by atoms with E-state index < -0.39 is 5.54 Å². The summed E-state index contributed by atoms with van der Waals surface area (Å²) in [6.45, 7) is 4.35. The number of amides is 1. The van der Waals surface area contributed by atoms with Gasteiger partial charge in [-0.3, -0.25) is 4.79 Å². The van der Waals surface area contributed by atoms with E-state index in [1.807, 2.05) is 26.0 Å². The fourth-order valence-corrected chi connectivity index (χ4v) is 2.83. The van der Waals surface area contributed by atoms with Gasteiger partial charge in [0.2, 0.25) is 5.91 Å². The minimum atomic E-state index is -0.569. The molecular formula is C13H18ClN5OS. The third-order valence-corrected chi connectivity index (χ3v) is 4.16. The van der Waals surface area contributed by atoms with E-state index in [2.05, 4.69) is 10.3 Å². The van der Waals surface area contributed by atoms with E-state index in [0.29, 0.717) is 12.2 Å². The van der Waals surface area contributed by atoms with Gasteiger partial charge in [-0.05, 0) is 26.0 Å². The topological polar surface area (TPSA) is 77.0 Å². The molecule has 0 aliphatic carbocycles. The zero-order valence-electron chi connectivity index (χ0n) is 12.2. The summed E-state index contributed by atoms with van der Waals surface area (Å²) < 4.78 is 2.22. The summed E-state index contributed by atoms with van der Waals surface area (Å²) in [5.74, 6) is -0.0502. The zero-order chi connectivity index (χ0) is 15.6. The normalized spacial score (nSPS) is 11.7. The van der Waals surface area contributed by atoms with Crippen molar-refractivity contribution in [1.29, 1.82) is 0 Å². The van der Waals surface area contributed by atoms with Gasteiger partial charge in [-0.2, -0.15) is 0 Å². The van der Waals surface area contributed by atoms with E-state index in [-0.39, 0.29) is 12.5 Å². The maximum Gasteiger partial charge on any atom is 0.244 e. The number of nitrogens with two attached hydrogens (primary N) is 1. The minimum absolute atomic E-state index is 0.0502. The molecule has 114 valence electrons. The lowest BCUT2D eigenvalue weighted by Gasteiger charge is -2.16. The lowest BCUT2D eigenvalue weighted by Crippen LogP contribution is -2.30. The Morgan fingerprint density at radius 2 is 2.24 bits per heavy atom. The van der Waals surface area contributed by atoms with Crippen molar-refractivity contribution in [2.24, 2.45) is 5.73 Å². The first-order valence-electron chi connectivity index (χ1n) is 6.43. The van der Waals surface area contributed by atoms with E-state index >= 15 is 0 Å². The highest BCUT2D eigenvalue weighted by Crippen LogP contribution is 2.22. The summed E-state index contributed by atoms with van der Waals surface area (Å²) in [4.78, 5) is 14.8. The van der Waals surface area contributed by atoms with Gasteiger partial charge in [0.25, 0.3) is 0 Å². The van der Waals surface area contributed by atoms with Crippen LogP contribution in [0.2, 0.25) is 4.34 Å². The Balaban J connectivity index is 1.96. The molecule has 0 saturated heterocycles. The van der Waals surface area contributed by atoms with Crippen LogP contribution in [0, 0.1) is 0 Å². The molecule has 0 aromatic carbocycles. The summed E-state index contributed by atoms with van der Waals surface area (Å²) in [5.41, 5.74) is 6.03. The number of likely N-dealkylation sites (N-methyl/N-ethyl adjacent to an activating group) is 1. The van der Waals surface area contributed by atoms with Crippen LogP contribution in [-0.4, -0.2) is 32.8 Å². The number of thiophene rings is 1. The van der Waals surface area contributed by atoms with Crippen LogP contribution in [0.15, 0.2) is 18.3 Å². The standard InChI is InChI=1S/C13H18ClN5OS/c1-13(2,15)10-7-19(17-16-10)8-12(20)18(3)6-9-4-5-11(14)21-9/h4-5,7H,6,8,15H2,1-3H3. The van der Waals surface area contributed by atoms with Gasteiger partial charge in [0.05, 0.1) is 22.6 Å². The highest BCUT2D eigenvalue weighted by Gasteiger charge is 2.19. The molecule has 2 heterocycles. The lowest BCUT2D eigenvalue weighted by molar-refractivity contribution is -0.131. The molecule has 2 rings (SSSR count). The number of carbonyl (C=O) groups is 1. The highest BCUT2D eigenvalue weighted by molar-refractivity contribution is 7.16. The fraction of sp³-hybridized carbons (Fsp3) is 0.462. The van der Waals surface area contributed by atoms with E-state index in [1.54, 1.807) is 18.1 Å². The Kier molecular flexibility index (Phi) is 4.65. The molecular weight excluding hydrogens is 310 g/mol. The Bertz CT molecular complexity index is 631. The van der Waals surface area contributed by atoms with Crippen LogP contribution in [0.4, 0.5) is 0 Å². The summed E-state index contributed by atoms with van der Waals surface area (Å²) in [6, 6.07) is 3.74. The van der Waals surface area contributed by atoms with Crippen molar-refractivity contribution in [2.75, 3.05) is 7.05 Å². The molecule has 2 aromatic heterocycles. The smallest absolute Gasteiger partial charge is 0.244 e. The second-order valence-electron chi connectivity index (χ2n) is 5.48. The van der Waals surface area contributed by atoms with E-state index in [9.17, 15) is 4.79 Å². The first-order chi connectivity index (χ1) is 9.75. The van der Waals surface area contributed by atoms with Gasteiger partial charge in [-0.1, -0.05) is 16.8 Å². The van der Waals surface area contributed by atoms with Gasteiger partial charge >= 0.3 is 0 Å². The largest absolute Gasteiger partial charge is 0.339 e. The minimum Gasteiger partial charge on any atom is -0.339 e. The summed E-state index contributed by atoms with van der Waals surface area (Å²) >= 11 is 7.35. The van der Waals surface area contributed by atoms with Crippen molar-refractivity contribution in [2.45, 2.75) is 32.5 Å². The Morgan fingerprint density at radius 1 is 1.52 bits per heavy atom. The SMILES string of the molecule is CN(Cc1ccc(Cl)s1)C(=O)Cn1cc(C(C)(C)N)nn1. The van der Waals surface area contributed by atoms with Crippen LogP contribution in [0.1, 0.15) is 24.4 Å². The fourth-order valence-electron chi connectivity index (χ4n) is 1.69. The van der Waals surface area contributed by atoms with Crippen LogP contribution in [0.25, 0.3) is 0 Å². The number of hydrogen-bond donors (Lipinski definition) is 1. The van der Waals surface area contributed by atoms with Crippen molar-refractivity contribution in [3.8, 4) is 0 Å². The second kappa shape index (κ2) is 6.13.